The zero-order chi connectivity index (χ0) is 19.6. The molecule has 1 aromatic heterocycles. The number of nitrogens with one attached hydrogen (secondary N) is 1. The number of furan rings is 1. The van der Waals surface area contributed by atoms with Crippen LogP contribution in [0.4, 0.5) is 5.69 Å². The summed E-state index contributed by atoms with van der Waals surface area (Å²) in [6.45, 7) is 0.703. The quantitative estimate of drug-likeness (QED) is 0.717. The van der Waals surface area contributed by atoms with E-state index in [9.17, 15) is 13.2 Å². The van der Waals surface area contributed by atoms with Gasteiger partial charge in [-0.3, -0.25) is 4.79 Å². The molecular formula is C21H20N2O4S. The van der Waals surface area contributed by atoms with Gasteiger partial charge in [0.1, 0.15) is 5.76 Å². The van der Waals surface area contributed by atoms with Gasteiger partial charge in [-0.2, -0.15) is 0 Å². The number of amides is 1. The van der Waals surface area contributed by atoms with E-state index in [2.05, 4.69) is 4.72 Å². The molecule has 0 fully saturated rings. The van der Waals surface area contributed by atoms with E-state index in [4.69, 9.17) is 4.42 Å². The summed E-state index contributed by atoms with van der Waals surface area (Å²) in [6.07, 6.45) is 3.02. The number of anilines is 1. The molecule has 0 spiro atoms. The van der Waals surface area contributed by atoms with Gasteiger partial charge in [-0.05, 0) is 60.9 Å². The molecule has 0 radical (unpaired) electrons. The SMILES string of the molecule is O=C(c1ccccc1)N1CCCc2cc(S(=O)(=O)NCc3ccco3)ccc21. The molecule has 1 N–H and O–H groups in total. The Hall–Kier alpha value is -2.90. The zero-order valence-electron chi connectivity index (χ0n) is 15.2. The smallest absolute Gasteiger partial charge is 0.258 e. The number of hydrogen-bond acceptors (Lipinski definition) is 4. The van der Waals surface area contributed by atoms with Crippen LogP contribution in [0.3, 0.4) is 0 Å². The van der Waals surface area contributed by atoms with Crippen LogP contribution >= 0.6 is 0 Å². The third-order valence-electron chi connectivity index (χ3n) is 4.76. The highest BCUT2D eigenvalue weighted by Gasteiger charge is 2.25. The molecule has 3 aromatic rings. The fourth-order valence-corrected chi connectivity index (χ4v) is 4.39. The van der Waals surface area contributed by atoms with Crippen molar-refractivity contribution in [1.29, 1.82) is 0 Å². The summed E-state index contributed by atoms with van der Waals surface area (Å²) in [6, 6.07) is 17.4. The molecule has 0 atom stereocenters. The Morgan fingerprint density at radius 3 is 2.64 bits per heavy atom. The molecule has 0 saturated carbocycles. The number of benzene rings is 2. The fourth-order valence-electron chi connectivity index (χ4n) is 3.35. The van der Waals surface area contributed by atoms with Crippen LogP contribution < -0.4 is 9.62 Å². The molecule has 4 rings (SSSR count). The lowest BCUT2D eigenvalue weighted by Crippen LogP contribution is -2.35. The third-order valence-corrected chi connectivity index (χ3v) is 6.16. The second kappa shape index (κ2) is 7.61. The van der Waals surface area contributed by atoms with Gasteiger partial charge in [0.25, 0.3) is 5.91 Å². The molecule has 2 heterocycles. The van der Waals surface area contributed by atoms with Gasteiger partial charge >= 0.3 is 0 Å². The van der Waals surface area contributed by atoms with E-state index in [0.717, 1.165) is 24.1 Å². The second-order valence-electron chi connectivity index (χ2n) is 6.62. The number of sulfonamides is 1. The maximum Gasteiger partial charge on any atom is 0.258 e. The van der Waals surface area contributed by atoms with Crippen molar-refractivity contribution in [3.8, 4) is 0 Å². The molecule has 0 aliphatic carbocycles. The highest BCUT2D eigenvalue weighted by molar-refractivity contribution is 7.89. The number of fused-ring (bicyclic) bond motifs is 1. The number of rotatable bonds is 5. The third kappa shape index (κ3) is 3.72. The largest absolute Gasteiger partial charge is 0.468 e. The molecule has 7 heteroatoms. The molecule has 1 amide bonds. The molecule has 0 bridgehead atoms. The highest BCUT2D eigenvalue weighted by Crippen LogP contribution is 2.30. The van der Waals surface area contributed by atoms with Gasteiger partial charge in [0.15, 0.2) is 0 Å². The van der Waals surface area contributed by atoms with Crippen molar-refractivity contribution >= 4 is 21.6 Å². The Morgan fingerprint density at radius 1 is 1.07 bits per heavy atom. The van der Waals surface area contributed by atoms with Gasteiger partial charge in [0, 0.05) is 17.8 Å². The van der Waals surface area contributed by atoms with Crippen LogP contribution in [-0.4, -0.2) is 20.9 Å². The van der Waals surface area contributed by atoms with Crippen molar-refractivity contribution in [2.45, 2.75) is 24.3 Å². The number of carbonyl (C=O) groups is 1. The zero-order valence-corrected chi connectivity index (χ0v) is 16.0. The van der Waals surface area contributed by atoms with Crippen LogP contribution in [0.15, 0.2) is 76.2 Å². The highest BCUT2D eigenvalue weighted by atomic mass is 32.2. The molecular weight excluding hydrogens is 376 g/mol. The van der Waals surface area contributed by atoms with Gasteiger partial charge in [-0.25, -0.2) is 13.1 Å². The van der Waals surface area contributed by atoms with E-state index in [-0.39, 0.29) is 17.3 Å². The molecule has 0 saturated heterocycles. The Kier molecular flexibility index (Phi) is 5.02. The lowest BCUT2D eigenvalue weighted by molar-refractivity contribution is 0.0985. The van der Waals surface area contributed by atoms with E-state index in [0.29, 0.717) is 17.9 Å². The Balaban J connectivity index is 1.58. The van der Waals surface area contributed by atoms with Crippen LogP contribution in [-0.2, 0) is 23.0 Å². The molecule has 0 unspecified atom stereocenters. The van der Waals surface area contributed by atoms with Crippen molar-refractivity contribution in [2.75, 3.05) is 11.4 Å². The van der Waals surface area contributed by atoms with E-state index in [1.165, 1.54) is 6.26 Å². The number of aryl methyl sites for hydroxylation is 1. The Bertz CT molecular complexity index is 1080. The first-order valence-electron chi connectivity index (χ1n) is 9.06. The summed E-state index contributed by atoms with van der Waals surface area (Å²) in [5.74, 6) is 0.467. The van der Waals surface area contributed by atoms with Crippen molar-refractivity contribution < 1.29 is 17.6 Å². The minimum atomic E-state index is -3.67. The first-order chi connectivity index (χ1) is 13.5. The Labute approximate surface area is 163 Å². The topological polar surface area (TPSA) is 79.6 Å². The summed E-state index contributed by atoms with van der Waals surface area (Å²) in [5.41, 5.74) is 2.24. The van der Waals surface area contributed by atoms with Crippen LogP contribution in [0, 0.1) is 0 Å². The van der Waals surface area contributed by atoms with Gasteiger partial charge in [-0.15, -0.1) is 0 Å². The van der Waals surface area contributed by atoms with Crippen LogP contribution in [0.2, 0.25) is 0 Å². The molecule has 1 aliphatic rings. The summed E-state index contributed by atoms with van der Waals surface area (Å²) in [5, 5.41) is 0. The predicted octanol–water partition coefficient (Wildman–Crippen LogP) is 3.35. The van der Waals surface area contributed by atoms with Crippen molar-refractivity contribution in [3.63, 3.8) is 0 Å². The monoisotopic (exact) mass is 396 g/mol. The van der Waals surface area contributed by atoms with E-state index in [1.54, 1.807) is 47.4 Å². The lowest BCUT2D eigenvalue weighted by Gasteiger charge is -2.30. The summed E-state index contributed by atoms with van der Waals surface area (Å²) in [4.78, 5) is 14.8. The molecule has 1 aliphatic heterocycles. The lowest BCUT2D eigenvalue weighted by atomic mass is 10.0. The van der Waals surface area contributed by atoms with Crippen molar-refractivity contribution in [2.24, 2.45) is 0 Å². The predicted molar refractivity (Wildman–Crippen MR) is 106 cm³/mol. The van der Waals surface area contributed by atoms with Crippen molar-refractivity contribution in [3.05, 3.63) is 83.8 Å². The van der Waals surface area contributed by atoms with Crippen molar-refractivity contribution in [1.82, 2.24) is 4.72 Å². The van der Waals surface area contributed by atoms with Gasteiger partial charge in [0.05, 0.1) is 17.7 Å². The number of nitrogens with zero attached hydrogens (tertiary/aromatic N) is 1. The first kappa shape index (κ1) is 18.5. The molecule has 6 nitrogen and oxygen atoms in total. The average Bonchev–Trinajstić information content (AvgIpc) is 3.25. The van der Waals surface area contributed by atoms with Gasteiger partial charge in [0.2, 0.25) is 10.0 Å². The van der Waals surface area contributed by atoms with Gasteiger partial charge in [-0.1, -0.05) is 18.2 Å². The average molecular weight is 396 g/mol. The molecule has 2 aromatic carbocycles. The normalized spacial score (nSPS) is 13.9. The summed E-state index contributed by atoms with van der Waals surface area (Å²) >= 11 is 0. The summed E-state index contributed by atoms with van der Waals surface area (Å²) < 4.78 is 32.9. The minimum Gasteiger partial charge on any atom is -0.468 e. The van der Waals surface area contributed by atoms with Crippen LogP contribution in [0.5, 0.6) is 0 Å². The van der Waals surface area contributed by atoms with E-state index in [1.807, 2.05) is 18.2 Å². The van der Waals surface area contributed by atoms with Crippen LogP contribution in [0.1, 0.15) is 28.1 Å². The first-order valence-corrected chi connectivity index (χ1v) is 10.5. The number of carbonyl (C=O) groups excluding carboxylic acids is 1. The second-order valence-corrected chi connectivity index (χ2v) is 8.39. The van der Waals surface area contributed by atoms with E-state index < -0.39 is 10.0 Å². The van der Waals surface area contributed by atoms with E-state index >= 15 is 0 Å². The maximum atomic E-state index is 12.9. The molecule has 144 valence electrons. The number of hydrogen-bond donors (Lipinski definition) is 1. The summed E-state index contributed by atoms with van der Waals surface area (Å²) in [7, 11) is -3.67. The Morgan fingerprint density at radius 2 is 1.89 bits per heavy atom. The minimum absolute atomic E-state index is 0.0758. The van der Waals surface area contributed by atoms with Gasteiger partial charge < -0.3 is 9.32 Å². The molecule has 28 heavy (non-hydrogen) atoms. The van der Waals surface area contributed by atoms with Crippen LogP contribution in [0.25, 0.3) is 0 Å². The maximum absolute atomic E-state index is 12.9. The standard InChI is InChI=1S/C21H20N2O4S/c24-21(16-6-2-1-3-7-16)23-12-4-8-17-14-19(10-11-20(17)23)28(25,26)22-15-18-9-5-13-27-18/h1-3,5-7,9-11,13-14,22H,4,8,12,15H2. The fraction of sp³-hybridized carbons (Fsp3) is 0.190.